The van der Waals surface area contributed by atoms with Crippen LogP contribution in [0.1, 0.15) is 10.4 Å². The number of carbonyl (C=O) groups excluding carboxylic acids is 1. The highest BCUT2D eigenvalue weighted by atomic mass is 19.1. The number of benzene rings is 2. The van der Waals surface area contributed by atoms with Crippen molar-refractivity contribution in [3.05, 3.63) is 65.7 Å². The minimum absolute atomic E-state index is 0.117. The molecular formula is C23H27F2N3O4. The Labute approximate surface area is 185 Å². The van der Waals surface area contributed by atoms with Gasteiger partial charge < -0.3 is 25.2 Å². The maximum atomic E-state index is 13.4. The molecule has 3 N–H and O–H groups in total. The molecule has 172 valence electrons. The second-order valence-corrected chi connectivity index (χ2v) is 8.10. The van der Waals surface area contributed by atoms with Crippen LogP contribution in [0.25, 0.3) is 0 Å². The number of hydrogen-bond acceptors (Lipinski definition) is 6. The van der Waals surface area contributed by atoms with Gasteiger partial charge in [0, 0.05) is 44.0 Å². The number of aliphatic hydroxyl groups is 2. The molecule has 2 aromatic rings. The molecule has 4 rings (SSSR count). The monoisotopic (exact) mass is 447 g/mol. The second-order valence-electron chi connectivity index (χ2n) is 8.10. The number of piperazine rings is 1. The average Bonchev–Trinajstić information content (AvgIpc) is 3.13. The zero-order valence-corrected chi connectivity index (χ0v) is 17.5. The summed E-state index contributed by atoms with van der Waals surface area (Å²) in [5.41, 5.74) is 1.13. The van der Waals surface area contributed by atoms with Gasteiger partial charge in [-0.3, -0.25) is 9.69 Å². The van der Waals surface area contributed by atoms with Crippen molar-refractivity contribution >= 4 is 11.6 Å². The van der Waals surface area contributed by atoms with Crippen molar-refractivity contribution in [3.63, 3.8) is 0 Å². The number of carbonyl (C=O) groups is 1. The smallest absolute Gasteiger partial charge is 0.251 e. The largest absolute Gasteiger partial charge is 0.394 e. The number of amides is 1. The van der Waals surface area contributed by atoms with Crippen LogP contribution in [0.15, 0.2) is 48.5 Å². The van der Waals surface area contributed by atoms with Crippen LogP contribution in [0.4, 0.5) is 14.5 Å². The molecule has 0 aromatic heterocycles. The molecule has 4 atom stereocenters. The van der Waals surface area contributed by atoms with Gasteiger partial charge in [0.05, 0.1) is 18.8 Å². The normalized spacial score (nSPS) is 26.3. The number of nitrogens with one attached hydrogen (secondary N) is 1. The third-order valence-corrected chi connectivity index (χ3v) is 6.12. The van der Waals surface area contributed by atoms with E-state index in [0.29, 0.717) is 26.2 Å². The first-order valence-electron chi connectivity index (χ1n) is 10.7. The zero-order valence-electron chi connectivity index (χ0n) is 17.5. The summed E-state index contributed by atoms with van der Waals surface area (Å²) in [4.78, 5) is 16.6. The van der Waals surface area contributed by atoms with Crippen LogP contribution < -0.4 is 10.2 Å². The van der Waals surface area contributed by atoms with E-state index in [0.717, 1.165) is 11.8 Å². The predicted octanol–water partition coefficient (Wildman–Crippen LogP) is 1.01. The van der Waals surface area contributed by atoms with Crippen molar-refractivity contribution in [1.82, 2.24) is 10.2 Å². The lowest BCUT2D eigenvalue weighted by atomic mass is 10.0. The minimum Gasteiger partial charge on any atom is -0.394 e. The third kappa shape index (κ3) is 4.91. The molecule has 2 fully saturated rings. The first-order chi connectivity index (χ1) is 15.5. The summed E-state index contributed by atoms with van der Waals surface area (Å²) in [6.07, 6.45) is -2.18. The molecule has 2 aliphatic rings. The van der Waals surface area contributed by atoms with Crippen molar-refractivity contribution < 1.29 is 28.5 Å². The lowest BCUT2D eigenvalue weighted by Crippen LogP contribution is -2.57. The average molecular weight is 447 g/mol. The molecule has 4 unspecified atom stereocenters. The molecule has 0 radical (unpaired) electrons. The summed E-state index contributed by atoms with van der Waals surface area (Å²) in [5.74, 6) is -1.21. The van der Waals surface area contributed by atoms with E-state index in [2.05, 4.69) is 15.1 Å². The summed E-state index contributed by atoms with van der Waals surface area (Å²) in [6.45, 7) is 2.42. The summed E-state index contributed by atoms with van der Waals surface area (Å²) in [6, 6.07) is 11.3. The molecule has 0 bridgehead atoms. The Morgan fingerprint density at radius 3 is 2.41 bits per heavy atom. The molecule has 2 aromatic carbocycles. The van der Waals surface area contributed by atoms with E-state index in [1.54, 1.807) is 12.1 Å². The van der Waals surface area contributed by atoms with Crippen molar-refractivity contribution in [1.29, 1.82) is 0 Å². The van der Waals surface area contributed by atoms with Crippen LogP contribution in [-0.2, 0) is 4.74 Å². The maximum absolute atomic E-state index is 13.4. The van der Waals surface area contributed by atoms with Gasteiger partial charge in [-0.2, -0.15) is 0 Å². The van der Waals surface area contributed by atoms with Gasteiger partial charge in [0.15, 0.2) is 0 Å². The van der Waals surface area contributed by atoms with Crippen molar-refractivity contribution in [2.75, 3.05) is 44.2 Å². The molecule has 9 heteroatoms. The number of aliphatic hydroxyl groups excluding tert-OH is 2. The van der Waals surface area contributed by atoms with Crippen LogP contribution >= 0.6 is 0 Å². The fourth-order valence-electron chi connectivity index (χ4n) is 4.45. The number of rotatable bonds is 6. The molecule has 0 saturated carbocycles. The molecule has 2 aliphatic heterocycles. The highest BCUT2D eigenvalue weighted by Crippen LogP contribution is 2.27. The summed E-state index contributed by atoms with van der Waals surface area (Å²) < 4.78 is 32.4. The molecule has 0 spiro atoms. The van der Waals surface area contributed by atoms with Crippen LogP contribution in [0.3, 0.4) is 0 Å². The van der Waals surface area contributed by atoms with Crippen LogP contribution in [-0.4, -0.2) is 84.7 Å². The van der Waals surface area contributed by atoms with Gasteiger partial charge in [-0.05, 0) is 42.5 Å². The predicted molar refractivity (Wildman–Crippen MR) is 114 cm³/mol. The van der Waals surface area contributed by atoms with Crippen molar-refractivity contribution in [2.45, 2.75) is 24.4 Å². The SMILES string of the molecule is O=C(NCC1OC(CO)C(O)C1N1CCN(c2ccc(F)cc2)CC1)c1cccc(F)c1. The van der Waals surface area contributed by atoms with Gasteiger partial charge in [0.1, 0.15) is 23.8 Å². The number of halogens is 2. The van der Waals surface area contributed by atoms with Crippen molar-refractivity contribution in [2.24, 2.45) is 0 Å². The molecule has 0 aliphatic carbocycles. The Hall–Kier alpha value is -2.59. The number of ether oxygens (including phenoxy) is 1. The van der Waals surface area contributed by atoms with Crippen LogP contribution in [0.5, 0.6) is 0 Å². The second kappa shape index (κ2) is 9.91. The lowest BCUT2D eigenvalue weighted by Gasteiger charge is -2.41. The Balaban J connectivity index is 1.39. The molecule has 2 heterocycles. The first-order valence-corrected chi connectivity index (χ1v) is 10.7. The zero-order chi connectivity index (χ0) is 22.7. The van der Waals surface area contributed by atoms with Gasteiger partial charge in [0.2, 0.25) is 0 Å². The quantitative estimate of drug-likeness (QED) is 0.613. The van der Waals surface area contributed by atoms with Gasteiger partial charge in [-0.15, -0.1) is 0 Å². The lowest BCUT2D eigenvalue weighted by molar-refractivity contribution is -0.0209. The molecule has 2 saturated heterocycles. The van der Waals surface area contributed by atoms with E-state index >= 15 is 0 Å². The van der Waals surface area contributed by atoms with E-state index in [4.69, 9.17) is 4.74 Å². The summed E-state index contributed by atoms with van der Waals surface area (Å²) >= 11 is 0. The van der Waals surface area contributed by atoms with E-state index in [1.165, 1.54) is 30.3 Å². The van der Waals surface area contributed by atoms with Gasteiger partial charge in [0.25, 0.3) is 5.91 Å². The number of anilines is 1. The Bertz CT molecular complexity index is 922. The Kier molecular flexibility index (Phi) is 7.00. The highest BCUT2D eigenvalue weighted by Gasteiger charge is 2.46. The van der Waals surface area contributed by atoms with Crippen LogP contribution in [0, 0.1) is 11.6 Å². The number of hydrogen-bond donors (Lipinski definition) is 3. The van der Waals surface area contributed by atoms with E-state index < -0.39 is 36.1 Å². The fourth-order valence-corrected chi connectivity index (χ4v) is 4.45. The Morgan fingerprint density at radius 1 is 1.03 bits per heavy atom. The van der Waals surface area contributed by atoms with Crippen molar-refractivity contribution in [3.8, 4) is 0 Å². The van der Waals surface area contributed by atoms with E-state index in [-0.39, 0.29) is 24.5 Å². The van der Waals surface area contributed by atoms with Gasteiger partial charge in [-0.25, -0.2) is 8.78 Å². The van der Waals surface area contributed by atoms with Crippen LogP contribution in [0.2, 0.25) is 0 Å². The highest BCUT2D eigenvalue weighted by molar-refractivity contribution is 5.94. The minimum atomic E-state index is -0.909. The molecule has 32 heavy (non-hydrogen) atoms. The van der Waals surface area contributed by atoms with Gasteiger partial charge >= 0.3 is 0 Å². The summed E-state index contributed by atoms with van der Waals surface area (Å²) in [5, 5.41) is 23.1. The van der Waals surface area contributed by atoms with E-state index in [9.17, 15) is 23.8 Å². The topological polar surface area (TPSA) is 85.3 Å². The Morgan fingerprint density at radius 2 is 1.75 bits per heavy atom. The first kappa shape index (κ1) is 22.6. The maximum Gasteiger partial charge on any atom is 0.251 e. The fraction of sp³-hybridized carbons (Fsp3) is 0.435. The third-order valence-electron chi connectivity index (χ3n) is 6.12. The standard InChI is InChI=1S/C23H27F2N3O4/c24-16-4-6-18(7-5-16)27-8-10-28(11-9-27)21-19(32-20(14-29)22(21)30)13-26-23(31)15-2-1-3-17(25)12-15/h1-7,12,19-22,29-30H,8-11,13-14H2,(H,26,31). The molecular weight excluding hydrogens is 420 g/mol. The molecule has 7 nitrogen and oxygen atoms in total. The van der Waals surface area contributed by atoms with Gasteiger partial charge in [-0.1, -0.05) is 6.07 Å². The van der Waals surface area contributed by atoms with E-state index in [1.807, 2.05) is 0 Å². The summed E-state index contributed by atoms with van der Waals surface area (Å²) in [7, 11) is 0. The molecule has 1 amide bonds. The number of nitrogens with zero attached hydrogens (tertiary/aromatic N) is 2.